The number of carbonyl (C=O) groups is 1. The van der Waals surface area contributed by atoms with Gasteiger partial charge in [0.15, 0.2) is 5.82 Å². The van der Waals surface area contributed by atoms with Gasteiger partial charge in [-0.15, -0.1) is 0 Å². The zero-order chi connectivity index (χ0) is 19.6. The molecule has 1 fully saturated rings. The SMILES string of the molecule is CCc1nc(OC2CCOCC2)c2cc(NC(C)(C)C(=O)O)cc(F)c2n1. The maximum Gasteiger partial charge on any atom is 0.328 e. The first-order valence-corrected chi connectivity index (χ1v) is 9.06. The summed E-state index contributed by atoms with van der Waals surface area (Å²) in [7, 11) is 0. The summed E-state index contributed by atoms with van der Waals surface area (Å²) in [5.41, 5.74) is -0.758. The summed E-state index contributed by atoms with van der Waals surface area (Å²) in [5.74, 6) is -0.779. The summed E-state index contributed by atoms with van der Waals surface area (Å²) in [6, 6.07) is 2.88. The van der Waals surface area contributed by atoms with Gasteiger partial charge in [0.2, 0.25) is 5.88 Å². The number of nitrogens with one attached hydrogen (secondary N) is 1. The third-order valence-electron chi connectivity index (χ3n) is 4.52. The number of fused-ring (bicyclic) bond motifs is 1. The minimum absolute atomic E-state index is 0.0586. The van der Waals surface area contributed by atoms with Crippen LogP contribution in [0.3, 0.4) is 0 Å². The normalized spacial score (nSPS) is 15.7. The van der Waals surface area contributed by atoms with E-state index in [4.69, 9.17) is 9.47 Å². The maximum atomic E-state index is 14.7. The molecule has 2 N–H and O–H groups in total. The van der Waals surface area contributed by atoms with Gasteiger partial charge in [-0.05, 0) is 26.0 Å². The summed E-state index contributed by atoms with van der Waals surface area (Å²) in [4.78, 5) is 20.1. The topological polar surface area (TPSA) is 93.6 Å². The number of carboxylic acid groups (broad SMARTS) is 1. The predicted molar refractivity (Wildman–Crippen MR) is 98.7 cm³/mol. The molecule has 0 spiro atoms. The largest absolute Gasteiger partial charge is 0.480 e. The second kappa shape index (κ2) is 7.64. The number of carboxylic acids is 1. The molecule has 0 bridgehead atoms. The Morgan fingerprint density at radius 1 is 1.37 bits per heavy atom. The van der Waals surface area contributed by atoms with E-state index in [0.717, 1.165) is 12.8 Å². The highest BCUT2D eigenvalue weighted by Crippen LogP contribution is 2.31. The molecule has 27 heavy (non-hydrogen) atoms. The molecule has 8 heteroatoms. The summed E-state index contributed by atoms with van der Waals surface area (Å²) in [5, 5.41) is 12.6. The quantitative estimate of drug-likeness (QED) is 0.798. The zero-order valence-electron chi connectivity index (χ0n) is 15.7. The number of aryl methyl sites for hydroxylation is 1. The molecule has 0 atom stereocenters. The van der Waals surface area contributed by atoms with Crippen molar-refractivity contribution in [1.29, 1.82) is 0 Å². The van der Waals surface area contributed by atoms with E-state index in [2.05, 4.69) is 15.3 Å². The summed E-state index contributed by atoms with van der Waals surface area (Å²) in [6.45, 7) is 6.13. The van der Waals surface area contributed by atoms with Crippen LogP contribution in [0.1, 0.15) is 39.4 Å². The first-order chi connectivity index (χ1) is 12.8. The molecule has 1 aliphatic rings. The van der Waals surface area contributed by atoms with Crippen molar-refractivity contribution in [2.45, 2.75) is 51.7 Å². The molecule has 146 valence electrons. The molecule has 0 saturated carbocycles. The Morgan fingerprint density at radius 2 is 2.07 bits per heavy atom. The highest BCUT2D eigenvalue weighted by molar-refractivity contribution is 5.89. The molecule has 1 aromatic heterocycles. The number of halogens is 1. The van der Waals surface area contributed by atoms with E-state index in [0.29, 0.717) is 42.4 Å². The lowest BCUT2D eigenvalue weighted by Gasteiger charge is -2.25. The van der Waals surface area contributed by atoms with E-state index in [9.17, 15) is 14.3 Å². The van der Waals surface area contributed by atoms with Crippen molar-refractivity contribution in [3.05, 3.63) is 23.8 Å². The highest BCUT2D eigenvalue weighted by Gasteiger charge is 2.27. The Balaban J connectivity index is 2.04. The average Bonchev–Trinajstić information content (AvgIpc) is 2.62. The predicted octanol–water partition coefficient (Wildman–Crippen LogP) is 3.16. The Hall–Kier alpha value is -2.48. The molecule has 0 amide bonds. The zero-order valence-corrected chi connectivity index (χ0v) is 15.7. The van der Waals surface area contributed by atoms with Gasteiger partial charge in [0, 0.05) is 24.9 Å². The monoisotopic (exact) mass is 377 g/mol. The molecule has 1 aliphatic heterocycles. The second-order valence-electron chi connectivity index (χ2n) is 7.14. The number of aliphatic carboxylic acids is 1. The van der Waals surface area contributed by atoms with Crippen LogP contribution in [0, 0.1) is 5.82 Å². The highest BCUT2D eigenvalue weighted by atomic mass is 19.1. The third-order valence-corrected chi connectivity index (χ3v) is 4.52. The molecule has 0 aliphatic carbocycles. The molecule has 3 rings (SSSR count). The van der Waals surface area contributed by atoms with Gasteiger partial charge < -0.3 is 19.9 Å². The van der Waals surface area contributed by atoms with Crippen LogP contribution in [0.15, 0.2) is 12.1 Å². The van der Waals surface area contributed by atoms with E-state index in [1.807, 2.05) is 6.92 Å². The van der Waals surface area contributed by atoms with Crippen LogP contribution in [-0.4, -0.2) is 45.9 Å². The Kier molecular flexibility index (Phi) is 5.46. The Labute approximate surface area is 156 Å². The number of nitrogens with zero attached hydrogens (tertiary/aromatic N) is 2. The van der Waals surface area contributed by atoms with E-state index in [-0.39, 0.29) is 11.6 Å². The van der Waals surface area contributed by atoms with Crippen LogP contribution in [0.4, 0.5) is 10.1 Å². The van der Waals surface area contributed by atoms with Crippen LogP contribution < -0.4 is 10.1 Å². The van der Waals surface area contributed by atoms with Gasteiger partial charge in [-0.1, -0.05) is 6.92 Å². The first-order valence-electron chi connectivity index (χ1n) is 9.06. The molecule has 2 aromatic rings. The Morgan fingerprint density at radius 3 is 2.70 bits per heavy atom. The fraction of sp³-hybridized carbons (Fsp3) is 0.526. The van der Waals surface area contributed by atoms with Crippen molar-refractivity contribution in [2.24, 2.45) is 0 Å². The molecule has 0 radical (unpaired) electrons. The number of ether oxygens (including phenoxy) is 2. The number of benzene rings is 1. The smallest absolute Gasteiger partial charge is 0.328 e. The molecule has 1 saturated heterocycles. The maximum absolute atomic E-state index is 14.7. The van der Waals surface area contributed by atoms with Crippen molar-refractivity contribution in [3.8, 4) is 5.88 Å². The molecular weight excluding hydrogens is 353 g/mol. The molecular formula is C19H24FN3O4. The third kappa shape index (κ3) is 4.27. The number of hydrogen-bond acceptors (Lipinski definition) is 6. The van der Waals surface area contributed by atoms with Gasteiger partial charge in [0.25, 0.3) is 0 Å². The molecule has 1 aromatic carbocycles. The minimum Gasteiger partial charge on any atom is -0.480 e. The summed E-state index contributed by atoms with van der Waals surface area (Å²) >= 11 is 0. The van der Waals surface area contributed by atoms with E-state index in [1.54, 1.807) is 6.07 Å². The number of anilines is 1. The first kappa shape index (κ1) is 19.3. The molecule has 2 heterocycles. The van der Waals surface area contributed by atoms with Gasteiger partial charge in [0.05, 0.1) is 18.6 Å². The van der Waals surface area contributed by atoms with E-state index in [1.165, 1.54) is 19.9 Å². The van der Waals surface area contributed by atoms with Gasteiger partial charge in [-0.3, -0.25) is 0 Å². The van der Waals surface area contributed by atoms with Gasteiger partial charge in [0.1, 0.15) is 23.0 Å². The fourth-order valence-electron chi connectivity index (χ4n) is 2.89. The van der Waals surface area contributed by atoms with Crippen LogP contribution in [-0.2, 0) is 16.0 Å². The fourth-order valence-corrected chi connectivity index (χ4v) is 2.89. The van der Waals surface area contributed by atoms with E-state index >= 15 is 0 Å². The lowest BCUT2D eigenvalue weighted by Crippen LogP contribution is -2.39. The van der Waals surface area contributed by atoms with Gasteiger partial charge in [-0.25, -0.2) is 14.2 Å². The second-order valence-corrected chi connectivity index (χ2v) is 7.14. The lowest BCUT2D eigenvalue weighted by molar-refractivity contribution is -0.141. The summed E-state index contributed by atoms with van der Waals surface area (Å²) < 4.78 is 26.1. The average molecular weight is 377 g/mol. The van der Waals surface area contributed by atoms with Gasteiger partial charge in [-0.2, -0.15) is 4.98 Å². The van der Waals surface area contributed by atoms with Crippen molar-refractivity contribution in [2.75, 3.05) is 18.5 Å². The standard InChI is InChI=1S/C19H24FN3O4/c1-4-15-21-16-13(17(22-15)27-12-5-7-26-8-6-12)9-11(10-14(16)20)23-19(2,3)18(24)25/h9-10,12,23H,4-8H2,1-3H3,(H,24,25). The van der Waals surface area contributed by atoms with Crippen molar-refractivity contribution >= 4 is 22.6 Å². The van der Waals surface area contributed by atoms with Crippen molar-refractivity contribution in [3.63, 3.8) is 0 Å². The van der Waals surface area contributed by atoms with Gasteiger partial charge >= 0.3 is 5.97 Å². The van der Waals surface area contributed by atoms with Crippen LogP contribution in [0.2, 0.25) is 0 Å². The van der Waals surface area contributed by atoms with Crippen molar-refractivity contribution < 1.29 is 23.8 Å². The molecule has 0 unspecified atom stereocenters. The number of rotatable bonds is 6. The summed E-state index contributed by atoms with van der Waals surface area (Å²) in [6.07, 6.45) is 1.96. The number of hydrogen-bond donors (Lipinski definition) is 2. The number of aromatic nitrogens is 2. The van der Waals surface area contributed by atoms with Crippen LogP contribution in [0.5, 0.6) is 5.88 Å². The van der Waals surface area contributed by atoms with E-state index < -0.39 is 17.3 Å². The lowest BCUT2D eigenvalue weighted by atomic mass is 10.1. The molecule has 7 nitrogen and oxygen atoms in total. The Bertz CT molecular complexity index is 850. The van der Waals surface area contributed by atoms with Crippen LogP contribution >= 0.6 is 0 Å². The van der Waals surface area contributed by atoms with Crippen molar-refractivity contribution in [1.82, 2.24) is 9.97 Å². The van der Waals surface area contributed by atoms with Crippen LogP contribution in [0.25, 0.3) is 10.9 Å². The minimum atomic E-state index is -1.26.